The van der Waals surface area contributed by atoms with E-state index in [-0.39, 0.29) is 5.91 Å². The van der Waals surface area contributed by atoms with E-state index in [9.17, 15) is 9.59 Å². The van der Waals surface area contributed by atoms with Crippen molar-refractivity contribution in [1.82, 2.24) is 5.32 Å². The van der Waals surface area contributed by atoms with E-state index in [1.807, 2.05) is 6.07 Å². The number of methoxy groups -OCH3 is 1. The van der Waals surface area contributed by atoms with Gasteiger partial charge in [0.05, 0.1) is 18.4 Å². The molecule has 0 spiro atoms. The molecule has 16 heavy (non-hydrogen) atoms. The second-order valence-corrected chi connectivity index (χ2v) is 3.49. The molecule has 1 aliphatic rings. The van der Waals surface area contributed by atoms with Gasteiger partial charge in [-0.25, -0.2) is 4.79 Å². The van der Waals surface area contributed by atoms with E-state index in [1.165, 1.54) is 7.11 Å². The molecule has 1 N–H and O–H groups in total. The van der Waals surface area contributed by atoms with Crippen molar-refractivity contribution in [1.29, 1.82) is 0 Å². The van der Waals surface area contributed by atoms with E-state index < -0.39 is 5.97 Å². The molecule has 0 unspecified atom stereocenters. The quantitative estimate of drug-likeness (QED) is 0.570. The zero-order valence-electron chi connectivity index (χ0n) is 9.03. The summed E-state index contributed by atoms with van der Waals surface area (Å²) in [5.74, 6) is -0.624. The van der Waals surface area contributed by atoms with E-state index in [4.69, 9.17) is 0 Å². The number of amides is 1. The number of rotatable bonds is 1. The van der Waals surface area contributed by atoms with E-state index in [2.05, 4.69) is 10.1 Å². The van der Waals surface area contributed by atoms with Crippen LogP contribution in [0.1, 0.15) is 22.8 Å². The number of carbonyl (C=O) groups is 2. The second kappa shape index (κ2) is 3.81. The molecule has 0 radical (unpaired) electrons. The minimum absolute atomic E-state index is 0.186. The molecule has 82 valence electrons. The largest absolute Gasteiger partial charge is 0.466 e. The Balaban J connectivity index is 2.56. The number of nitrogens with one attached hydrogen (secondary N) is 1. The molecule has 4 nitrogen and oxygen atoms in total. The Morgan fingerprint density at radius 1 is 1.25 bits per heavy atom. The average Bonchev–Trinajstić information content (AvgIpc) is 2.65. The fraction of sp³-hybridized carbons (Fsp3) is 0.167. The normalized spacial score (nSPS) is 16.5. The third-order valence-electron chi connectivity index (χ3n) is 2.55. The summed E-state index contributed by atoms with van der Waals surface area (Å²) in [4.78, 5) is 23.0. The van der Waals surface area contributed by atoms with Crippen LogP contribution in [0.5, 0.6) is 0 Å². The van der Waals surface area contributed by atoms with Gasteiger partial charge in [0.1, 0.15) is 0 Å². The molecule has 1 amide bonds. The summed E-state index contributed by atoms with van der Waals surface area (Å²) in [5, 5.41) is 2.67. The van der Waals surface area contributed by atoms with Crippen molar-refractivity contribution in [3.8, 4) is 0 Å². The molecule has 2 rings (SSSR count). The first-order chi connectivity index (χ1) is 7.65. The van der Waals surface area contributed by atoms with Gasteiger partial charge in [0.15, 0.2) is 0 Å². The van der Waals surface area contributed by atoms with Gasteiger partial charge >= 0.3 is 5.97 Å². The molecular formula is C12H11NO3. The third kappa shape index (κ3) is 1.48. The highest BCUT2D eigenvalue weighted by atomic mass is 16.5. The number of benzene rings is 1. The first-order valence-corrected chi connectivity index (χ1v) is 4.85. The fourth-order valence-electron chi connectivity index (χ4n) is 1.70. The predicted octanol–water partition coefficient (Wildman–Crippen LogP) is 1.33. The third-order valence-corrected chi connectivity index (χ3v) is 2.55. The minimum Gasteiger partial charge on any atom is -0.466 e. The van der Waals surface area contributed by atoms with Crippen molar-refractivity contribution in [3.63, 3.8) is 0 Å². The summed E-state index contributed by atoms with van der Waals surface area (Å²) in [6, 6.07) is 7.13. The van der Waals surface area contributed by atoms with Crippen molar-refractivity contribution in [2.45, 2.75) is 6.92 Å². The number of ether oxygens (including phenoxy) is 1. The first-order valence-electron chi connectivity index (χ1n) is 4.85. The zero-order valence-corrected chi connectivity index (χ0v) is 9.03. The van der Waals surface area contributed by atoms with Gasteiger partial charge in [-0.05, 0) is 13.0 Å². The molecule has 0 fully saturated rings. The summed E-state index contributed by atoms with van der Waals surface area (Å²) in [6.07, 6.45) is 0. The summed E-state index contributed by atoms with van der Waals surface area (Å²) < 4.78 is 4.63. The second-order valence-electron chi connectivity index (χ2n) is 3.49. The maximum atomic E-state index is 11.6. The van der Waals surface area contributed by atoms with Crippen molar-refractivity contribution in [2.75, 3.05) is 7.11 Å². The smallest absolute Gasteiger partial charge is 0.335 e. The fourth-order valence-corrected chi connectivity index (χ4v) is 1.70. The summed E-state index contributed by atoms with van der Waals surface area (Å²) >= 11 is 0. The van der Waals surface area contributed by atoms with Crippen molar-refractivity contribution >= 4 is 17.6 Å². The topological polar surface area (TPSA) is 55.4 Å². The lowest BCUT2D eigenvalue weighted by Gasteiger charge is -2.04. The van der Waals surface area contributed by atoms with Crippen LogP contribution in [-0.2, 0) is 9.53 Å². The van der Waals surface area contributed by atoms with Crippen LogP contribution in [0.3, 0.4) is 0 Å². The van der Waals surface area contributed by atoms with E-state index in [0.717, 1.165) is 5.56 Å². The maximum absolute atomic E-state index is 11.6. The molecule has 1 aliphatic heterocycles. The molecule has 1 aromatic carbocycles. The lowest BCUT2D eigenvalue weighted by Crippen LogP contribution is -2.15. The lowest BCUT2D eigenvalue weighted by atomic mass is 10.1. The average molecular weight is 217 g/mol. The van der Waals surface area contributed by atoms with Crippen LogP contribution in [0.4, 0.5) is 0 Å². The Kier molecular flexibility index (Phi) is 2.48. The lowest BCUT2D eigenvalue weighted by molar-refractivity contribution is -0.135. The molecule has 1 aromatic rings. The van der Waals surface area contributed by atoms with Crippen LogP contribution >= 0.6 is 0 Å². The van der Waals surface area contributed by atoms with Crippen LogP contribution in [0, 0.1) is 0 Å². The Bertz CT molecular complexity index is 503. The van der Waals surface area contributed by atoms with Gasteiger partial charge in [-0.15, -0.1) is 0 Å². The van der Waals surface area contributed by atoms with Gasteiger partial charge in [0.2, 0.25) is 0 Å². The van der Waals surface area contributed by atoms with Gasteiger partial charge in [0.25, 0.3) is 5.91 Å². The molecule has 0 aliphatic carbocycles. The van der Waals surface area contributed by atoms with Crippen molar-refractivity contribution in [3.05, 3.63) is 41.0 Å². The molecule has 0 atom stereocenters. The number of carbonyl (C=O) groups excluding carboxylic acids is 2. The Morgan fingerprint density at radius 3 is 2.50 bits per heavy atom. The number of hydrogen-bond donors (Lipinski definition) is 1. The summed E-state index contributed by atoms with van der Waals surface area (Å²) in [6.45, 7) is 1.63. The number of hydrogen-bond acceptors (Lipinski definition) is 3. The maximum Gasteiger partial charge on any atom is 0.335 e. The first kappa shape index (κ1) is 10.4. The summed E-state index contributed by atoms with van der Waals surface area (Å²) in [5.41, 5.74) is 2.27. The molecular weight excluding hydrogens is 206 g/mol. The molecule has 0 saturated carbocycles. The van der Waals surface area contributed by atoms with Gasteiger partial charge in [-0.2, -0.15) is 0 Å². The molecule has 1 heterocycles. The Labute approximate surface area is 92.9 Å². The van der Waals surface area contributed by atoms with E-state index >= 15 is 0 Å². The van der Waals surface area contributed by atoms with Crippen LogP contribution in [0.25, 0.3) is 5.70 Å². The Morgan fingerprint density at radius 2 is 1.88 bits per heavy atom. The molecule has 0 bridgehead atoms. The van der Waals surface area contributed by atoms with Gasteiger partial charge in [0, 0.05) is 11.1 Å². The van der Waals surface area contributed by atoms with Crippen LogP contribution in [0.2, 0.25) is 0 Å². The predicted molar refractivity (Wildman–Crippen MR) is 58.5 cm³/mol. The minimum atomic E-state index is -0.438. The highest BCUT2D eigenvalue weighted by Crippen LogP contribution is 2.26. The standard InChI is InChI=1S/C12H11NO3/c1-7(12(15)16-2)10-8-5-3-4-6-9(8)11(14)13-10/h3-6H,1-2H3,(H,13,14)/b10-7+. The molecule has 4 heteroatoms. The SMILES string of the molecule is COC(=O)/C(C)=C1/NC(=O)c2ccccc21. The highest BCUT2D eigenvalue weighted by Gasteiger charge is 2.26. The molecule has 0 saturated heterocycles. The monoisotopic (exact) mass is 217 g/mol. The van der Waals surface area contributed by atoms with Crippen LogP contribution in [-0.4, -0.2) is 19.0 Å². The van der Waals surface area contributed by atoms with Gasteiger partial charge in [-0.1, -0.05) is 18.2 Å². The van der Waals surface area contributed by atoms with E-state index in [1.54, 1.807) is 25.1 Å². The van der Waals surface area contributed by atoms with Crippen molar-refractivity contribution in [2.24, 2.45) is 0 Å². The summed E-state index contributed by atoms with van der Waals surface area (Å²) in [7, 11) is 1.31. The van der Waals surface area contributed by atoms with E-state index in [0.29, 0.717) is 16.8 Å². The van der Waals surface area contributed by atoms with Gasteiger partial charge in [-0.3, -0.25) is 4.79 Å². The molecule has 0 aromatic heterocycles. The van der Waals surface area contributed by atoms with Crippen LogP contribution < -0.4 is 5.32 Å². The Hall–Kier alpha value is -2.10. The zero-order chi connectivity index (χ0) is 11.7. The highest BCUT2D eigenvalue weighted by molar-refractivity contribution is 6.13. The number of esters is 1. The number of fused-ring (bicyclic) bond motifs is 1. The van der Waals surface area contributed by atoms with Crippen molar-refractivity contribution < 1.29 is 14.3 Å². The van der Waals surface area contributed by atoms with Crippen LogP contribution in [0.15, 0.2) is 29.8 Å². The van der Waals surface area contributed by atoms with Gasteiger partial charge < -0.3 is 10.1 Å².